The highest BCUT2D eigenvalue weighted by Crippen LogP contribution is 2.25. The molecule has 7 heteroatoms. The molecule has 0 unspecified atom stereocenters. The number of rotatable bonds is 5. The van der Waals surface area contributed by atoms with Crippen LogP contribution < -0.4 is 10.2 Å². The molecule has 2 aliphatic heterocycles. The largest absolute Gasteiger partial charge is 0.369 e. The molecule has 0 aliphatic carbocycles. The number of hydrogen-bond donors (Lipinski definition) is 1. The zero-order chi connectivity index (χ0) is 18.0. The molecule has 136 valence electrons. The normalized spacial score (nSPS) is 21.8. The number of hydrogen-bond acceptors (Lipinski definition) is 4. The lowest BCUT2D eigenvalue weighted by atomic mass is 10.1. The number of carbonyl (C=O) groups is 2. The summed E-state index contributed by atoms with van der Waals surface area (Å²) in [5.41, 5.74) is 2.36. The van der Waals surface area contributed by atoms with Crippen LogP contribution in [0.5, 0.6) is 0 Å². The van der Waals surface area contributed by atoms with Gasteiger partial charge in [-0.15, -0.1) is 0 Å². The Kier molecular flexibility index (Phi) is 5.49. The summed E-state index contributed by atoms with van der Waals surface area (Å²) in [5.74, 6) is -0.0973. The van der Waals surface area contributed by atoms with Gasteiger partial charge >= 0.3 is 6.03 Å². The van der Waals surface area contributed by atoms with Crippen LogP contribution in [0.3, 0.4) is 0 Å². The Labute approximate surface area is 153 Å². The fourth-order valence-corrected chi connectivity index (χ4v) is 3.61. The minimum absolute atomic E-state index is 0.0973. The lowest BCUT2D eigenvalue weighted by Crippen LogP contribution is -2.51. The molecular formula is C18H25ClN4O2. The molecule has 0 aromatic heterocycles. The molecule has 25 heavy (non-hydrogen) atoms. The zero-order valence-corrected chi connectivity index (χ0v) is 15.6. The van der Waals surface area contributed by atoms with Crippen molar-refractivity contribution in [1.29, 1.82) is 0 Å². The highest BCUT2D eigenvalue weighted by atomic mass is 35.5. The number of halogens is 1. The van der Waals surface area contributed by atoms with E-state index in [0.717, 1.165) is 43.3 Å². The summed E-state index contributed by atoms with van der Waals surface area (Å²) in [6, 6.07) is 5.32. The van der Waals surface area contributed by atoms with Gasteiger partial charge in [-0.1, -0.05) is 31.0 Å². The molecule has 0 radical (unpaired) electrons. The van der Waals surface area contributed by atoms with Crippen LogP contribution in [0, 0.1) is 6.92 Å². The molecule has 2 fully saturated rings. The maximum atomic E-state index is 12.3. The Morgan fingerprint density at radius 2 is 1.92 bits per heavy atom. The molecule has 2 aliphatic rings. The lowest BCUT2D eigenvalue weighted by Gasteiger charge is -2.37. The fraction of sp³-hybridized carbons (Fsp3) is 0.556. The maximum Gasteiger partial charge on any atom is 0.325 e. The van der Waals surface area contributed by atoms with Crippen molar-refractivity contribution in [2.45, 2.75) is 32.7 Å². The monoisotopic (exact) mass is 364 g/mol. The van der Waals surface area contributed by atoms with Gasteiger partial charge in [0, 0.05) is 36.9 Å². The Hall–Kier alpha value is -1.79. The lowest BCUT2D eigenvalue weighted by molar-refractivity contribution is -0.129. The van der Waals surface area contributed by atoms with Gasteiger partial charge in [-0.25, -0.2) is 9.69 Å². The standard InChI is InChI=1S/C18H25ClN4O2/c1-3-4-15-17(24)23(18(25)20-15)12-21-7-9-22(10-8-21)16-11-14(19)6-5-13(16)2/h5-6,11,15H,3-4,7-10,12H2,1-2H3,(H,20,25)/t15-/m1/s1. The predicted octanol–water partition coefficient (Wildman–Crippen LogP) is 2.45. The van der Waals surface area contributed by atoms with Crippen LogP contribution >= 0.6 is 11.6 Å². The van der Waals surface area contributed by atoms with Crippen LogP contribution in [0.1, 0.15) is 25.3 Å². The second-order valence-corrected chi connectivity index (χ2v) is 7.17. The van der Waals surface area contributed by atoms with Gasteiger partial charge in [0.2, 0.25) is 0 Å². The van der Waals surface area contributed by atoms with Crippen molar-refractivity contribution in [2.24, 2.45) is 0 Å². The van der Waals surface area contributed by atoms with Gasteiger partial charge in [-0.3, -0.25) is 9.69 Å². The van der Waals surface area contributed by atoms with Gasteiger partial charge in [0.05, 0.1) is 6.67 Å². The maximum absolute atomic E-state index is 12.3. The Morgan fingerprint density at radius 3 is 2.60 bits per heavy atom. The first-order valence-corrected chi connectivity index (χ1v) is 9.22. The third-order valence-corrected chi connectivity index (χ3v) is 5.15. The van der Waals surface area contributed by atoms with E-state index in [1.54, 1.807) is 0 Å². The number of amides is 3. The van der Waals surface area contributed by atoms with Crippen LogP contribution in [0.25, 0.3) is 0 Å². The van der Waals surface area contributed by atoms with Crippen LogP contribution in [0.4, 0.5) is 10.5 Å². The second kappa shape index (κ2) is 7.62. The molecule has 1 atom stereocenters. The number of nitrogens with one attached hydrogen (secondary N) is 1. The van der Waals surface area contributed by atoms with E-state index in [9.17, 15) is 9.59 Å². The van der Waals surface area contributed by atoms with Crippen molar-refractivity contribution < 1.29 is 9.59 Å². The molecule has 1 aromatic rings. The molecule has 2 saturated heterocycles. The topological polar surface area (TPSA) is 55.9 Å². The number of aryl methyl sites for hydroxylation is 1. The van der Waals surface area contributed by atoms with E-state index < -0.39 is 0 Å². The van der Waals surface area contributed by atoms with E-state index >= 15 is 0 Å². The molecule has 6 nitrogen and oxygen atoms in total. The smallest absolute Gasteiger partial charge is 0.325 e. The fourth-order valence-electron chi connectivity index (χ4n) is 3.45. The number of urea groups is 1. The van der Waals surface area contributed by atoms with Gasteiger partial charge < -0.3 is 10.2 Å². The van der Waals surface area contributed by atoms with Crippen LogP contribution in [-0.4, -0.2) is 60.6 Å². The van der Waals surface area contributed by atoms with Crippen molar-refractivity contribution in [3.8, 4) is 0 Å². The van der Waals surface area contributed by atoms with Gasteiger partial charge in [-0.2, -0.15) is 0 Å². The first-order chi connectivity index (χ1) is 12.0. The van der Waals surface area contributed by atoms with E-state index in [4.69, 9.17) is 11.6 Å². The van der Waals surface area contributed by atoms with Crippen molar-refractivity contribution in [1.82, 2.24) is 15.1 Å². The number of benzene rings is 1. The van der Waals surface area contributed by atoms with Gasteiger partial charge in [-0.05, 0) is 31.0 Å². The summed E-state index contributed by atoms with van der Waals surface area (Å²) in [4.78, 5) is 30.2. The van der Waals surface area contributed by atoms with Crippen LogP contribution in [0.2, 0.25) is 5.02 Å². The van der Waals surface area contributed by atoms with Crippen molar-refractivity contribution >= 4 is 29.2 Å². The highest BCUT2D eigenvalue weighted by Gasteiger charge is 2.38. The summed E-state index contributed by atoms with van der Waals surface area (Å²) in [7, 11) is 0. The van der Waals surface area contributed by atoms with Crippen molar-refractivity contribution in [2.75, 3.05) is 37.7 Å². The van der Waals surface area contributed by atoms with Gasteiger partial charge in [0.1, 0.15) is 6.04 Å². The van der Waals surface area contributed by atoms with E-state index in [1.807, 2.05) is 25.1 Å². The molecule has 1 N–H and O–H groups in total. The van der Waals surface area contributed by atoms with E-state index in [-0.39, 0.29) is 18.0 Å². The Balaban J connectivity index is 1.57. The molecule has 0 bridgehead atoms. The van der Waals surface area contributed by atoms with Crippen molar-refractivity contribution in [3.05, 3.63) is 28.8 Å². The number of piperazine rings is 1. The van der Waals surface area contributed by atoms with Crippen LogP contribution in [0.15, 0.2) is 18.2 Å². The Morgan fingerprint density at radius 1 is 1.20 bits per heavy atom. The minimum atomic E-state index is -0.354. The average Bonchev–Trinajstić information content (AvgIpc) is 2.86. The summed E-state index contributed by atoms with van der Waals surface area (Å²) < 4.78 is 0. The quantitative estimate of drug-likeness (QED) is 0.815. The molecule has 2 heterocycles. The van der Waals surface area contributed by atoms with Crippen LogP contribution in [-0.2, 0) is 4.79 Å². The number of imide groups is 1. The third-order valence-electron chi connectivity index (χ3n) is 4.91. The average molecular weight is 365 g/mol. The van der Waals surface area contributed by atoms with Crippen molar-refractivity contribution in [3.63, 3.8) is 0 Å². The number of carbonyl (C=O) groups excluding carboxylic acids is 2. The summed E-state index contributed by atoms with van der Waals surface area (Å²) in [6.07, 6.45) is 1.57. The van der Waals surface area contributed by atoms with E-state index in [2.05, 4.69) is 22.0 Å². The molecule has 3 rings (SSSR count). The SMILES string of the molecule is CCC[C@H]1NC(=O)N(CN2CCN(c3cc(Cl)ccc3C)CC2)C1=O. The van der Waals surface area contributed by atoms with Gasteiger partial charge in [0.15, 0.2) is 0 Å². The predicted molar refractivity (Wildman–Crippen MR) is 98.9 cm³/mol. The Bertz CT molecular complexity index is 658. The van der Waals surface area contributed by atoms with E-state index in [1.165, 1.54) is 10.5 Å². The number of anilines is 1. The first kappa shape index (κ1) is 18.0. The first-order valence-electron chi connectivity index (χ1n) is 8.85. The second-order valence-electron chi connectivity index (χ2n) is 6.73. The summed E-state index contributed by atoms with van der Waals surface area (Å²) in [5, 5.41) is 3.52. The summed E-state index contributed by atoms with van der Waals surface area (Å²) in [6.45, 7) is 7.78. The molecule has 0 saturated carbocycles. The molecule has 3 amide bonds. The van der Waals surface area contributed by atoms with E-state index in [0.29, 0.717) is 13.1 Å². The zero-order valence-electron chi connectivity index (χ0n) is 14.8. The highest BCUT2D eigenvalue weighted by molar-refractivity contribution is 6.30. The summed E-state index contributed by atoms with van der Waals surface area (Å²) >= 11 is 6.12. The van der Waals surface area contributed by atoms with Gasteiger partial charge in [0.25, 0.3) is 5.91 Å². The molecule has 0 spiro atoms. The minimum Gasteiger partial charge on any atom is -0.369 e. The third kappa shape index (κ3) is 3.90. The molecule has 1 aromatic carbocycles. The molecular weight excluding hydrogens is 340 g/mol. The number of nitrogens with zero attached hydrogens (tertiary/aromatic N) is 3.